The average molecular weight is 309 g/mol. The van der Waals surface area contributed by atoms with E-state index in [-0.39, 0.29) is 42.9 Å². The van der Waals surface area contributed by atoms with Crippen molar-refractivity contribution in [1.29, 1.82) is 0 Å². The lowest BCUT2D eigenvalue weighted by atomic mass is 9.52. The molecule has 2 bridgehead atoms. The maximum Gasteiger partial charge on any atom is 0.174 e. The molecule has 2 fully saturated rings. The molecule has 2 aliphatic heterocycles. The zero-order chi connectivity index (χ0) is 23.9. The Morgan fingerprint density at radius 3 is 3.36 bits per heavy atom. The largest absolute Gasteiger partial charge is 0.493 e. The van der Waals surface area contributed by atoms with Gasteiger partial charge in [-0.05, 0) is 50.2 Å². The fourth-order valence-electron chi connectivity index (χ4n) is 4.18. The molecule has 1 saturated carbocycles. The number of methoxy groups -OCH3 is 1. The van der Waals surface area contributed by atoms with Gasteiger partial charge < -0.3 is 14.4 Å². The molecule has 1 spiro atoms. The van der Waals surface area contributed by atoms with Gasteiger partial charge in [0.1, 0.15) is 0 Å². The minimum absolute atomic E-state index is 0.0773. The van der Waals surface area contributed by atoms with E-state index in [1.807, 2.05) is 0 Å². The van der Waals surface area contributed by atoms with Crippen LogP contribution >= 0.6 is 0 Å². The van der Waals surface area contributed by atoms with Crippen molar-refractivity contribution < 1.29 is 28.0 Å². The van der Waals surface area contributed by atoms with Gasteiger partial charge in [-0.3, -0.25) is 4.79 Å². The number of hydrogen-bond acceptors (Lipinski definition) is 4. The van der Waals surface area contributed by atoms with Crippen LogP contribution in [0.4, 0.5) is 0 Å². The number of rotatable bonds is 1. The summed E-state index contributed by atoms with van der Waals surface area (Å²) in [5, 5.41) is 0. The number of piperidine rings is 1. The summed E-state index contributed by atoms with van der Waals surface area (Å²) in [7, 11) is 1.22. The number of benzene rings is 1. The third kappa shape index (κ3) is 1.27. The lowest BCUT2D eigenvalue weighted by Crippen LogP contribution is -2.65. The van der Waals surface area contributed by atoms with Gasteiger partial charge in [0.25, 0.3) is 0 Å². The van der Waals surface area contributed by atoms with Crippen LogP contribution in [0.25, 0.3) is 0 Å². The van der Waals surface area contributed by atoms with Crippen molar-refractivity contribution in [2.45, 2.75) is 43.1 Å². The van der Waals surface area contributed by atoms with Crippen LogP contribution in [0.2, 0.25) is 0 Å². The molecule has 0 aromatic heterocycles. The second-order valence-electron chi connectivity index (χ2n) is 5.98. The molecule has 2 heterocycles. The molecule has 1 aromatic rings. The molecular weight excluding hydrogens is 278 g/mol. The van der Waals surface area contributed by atoms with Crippen molar-refractivity contribution in [2.24, 2.45) is 5.89 Å². The number of ketones is 1. The summed E-state index contributed by atoms with van der Waals surface area (Å²) in [5.41, 5.74) is -2.45. The first-order valence-electron chi connectivity index (χ1n) is 12.3. The molecular formula is C18H21NO3. The van der Waals surface area contributed by atoms with Crippen molar-refractivity contribution in [3.63, 3.8) is 0 Å². The fraction of sp³-hybridized carbons (Fsp3) is 0.611. The van der Waals surface area contributed by atoms with Crippen LogP contribution < -0.4 is 9.47 Å². The van der Waals surface area contributed by atoms with Gasteiger partial charge in [0.05, 0.1) is 11.2 Å². The monoisotopic (exact) mass is 309 g/mol. The second-order valence-corrected chi connectivity index (χ2v) is 5.98. The molecule has 4 heteroatoms. The van der Waals surface area contributed by atoms with E-state index in [1.165, 1.54) is 7.11 Å². The molecule has 4 aliphatic rings. The van der Waals surface area contributed by atoms with Crippen LogP contribution in [0.1, 0.15) is 44.1 Å². The normalized spacial score (nSPS) is 58.0. The fourth-order valence-corrected chi connectivity index (χ4v) is 4.18. The Balaban J connectivity index is 2.03. The minimum Gasteiger partial charge on any atom is -0.493 e. The van der Waals surface area contributed by atoms with E-state index in [2.05, 4.69) is 0 Å². The van der Waals surface area contributed by atoms with Gasteiger partial charge >= 0.3 is 0 Å². The summed E-state index contributed by atoms with van der Waals surface area (Å²) < 4.78 is 97.7. The molecule has 2 aliphatic carbocycles. The number of likely N-dealkylation sites (N-methyl/N-ethyl adjacent to an activating group) is 1. The van der Waals surface area contributed by atoms with Gasteiger partial charge in [-0.2, -0.15) is 0 Å². The van der Waals surface area contributed by atoms with Gasteiger partial charge in [0.15, 0.2) is 23.4 Å². The number of carbonyl (C=O) groups is 1. The Kier molecular flexibility index (Phi) is 1.20. The molecule has 0 N–H and O–H groups in total. The van der Waals surface area contributed by atoms with Gasteiger partial charge in [0.2, 0.25) is 0 Å². The highest BCUT2D eigenvalue weighted by Gasteiger charge is 2.65. The predicted molar refractivity (Wildman–Crippen MR) is 81.6 cm³/mol. The molecule has 4 nitrogen and oxygen atoms in total. The molecule has 22 heavy (non-hydrogen) atoms. The van der Waals surface area contributed by atoms with Crippen molar-refractivity contribution in [2.75, 3.05) is 20.6 Å². The van der Waals surface area contributed by atoms with Crippen LogP contribution in [0, 0.1) is 5.89 Å². The molecule has 1 saturated heterocycles. The topological polar surface area (TPSA) is 38.8 Å². The van der Waals surface area contributed by atoms with Crippen LogP contribution in [0.3, 0.4) is 0 Å². The molecule has 116 valence electrons. The summed E-state index contributed by atoms with van der Waals surface area (Å²) >= 11 is 0. The minimum atomic E-state index is -2.95. The molecule has 1 unspecified atom stereocenters. The van der Waals surface area contributed by atoms with Crippen molar-refractivity contribution in [3.8, 4) is 11.5 Å². The zero-order valence-electron chi connectivity index (χ0n) is 22.0. The Morgan fingerprint density at radius 2 is 2.55 bits per heavy atom. The Labute approximate surface area is 144 Å². The van der Waals surface area contributed by atoms with E-state index in [1.54, 1.807) is 0 Å². The molecule has 1 aromatic carbocycles. The van der Waals surface area contributed by atoms with Gasteiger partial charge in [0, 0.05) is 33.0 Å². The molecule has 5 rings (SSSR count). The second kappa shape index (κ2) is 4.05. The van der Waals surface area contributed by atoms with Gasteiger partial charge in [-0.1, -0.05) is 6.04 Å². The number of carbonyl (C=O) groups excluding carboxylic acids is 1. The lowest BCUT2D eigenvalue weighted by Gasteiger charge is -2.57. The van der Waals surface area contributed by atoms with E-state index in [0.29, 0.717) is 4.90 Å². The average Bonchev–Trinajstić information content (AvgIpc) is 2.94. The number of nitrogens with zero attached hydrogens (tertiary/aromatic N) is 1. The van der Waals surface area contributed by atoms with Crippen LogP contribution in [0.5, 0.6) is 11.5 Å². The summed E-state index contributed by atoms with van der Waals surface area (Å²) in [6, 6.07) is -3.98. The lowest BCUT2D eigenvalue weighted by molar-refractivity contribution is -0.138. The van der Waals surface area contributed by atoms with Crippen LogP contribution in [0.15, 0.2) is 12.1 Å². The van der Waals surface area contributed by atoms with E-state index >= 15 is 0 Å². The Hall–Kier alpha value is -1.55. The quantitative estimate of drug-likeness (QED) is 0.795. The predicted octanol–water partition coefficient (Wildman–Crippen LogP) is 1.93. The first-order valence-corrected chi connectivity index (χ1v) is 7.30. The SMILES string of the molecule is [2H]c1c([2H])c2c3c(c1OC)OC1([2H])C(=O)CC[C@]4([2H])[C@@]31CCN(C([2H])([2H])[2H])[C@]4([2H])C2([2H])[2H]. The summed E-state index contributed by atoms with van der Waals surface area (Å²) in [4.78, 5) is 13.7. The van der Waals surface area contributed by atoms with E-state index in [9.17, 15) is 7.54 Å². The number of likely N-dealkylation sites (tertiary alicyclic amines) is 1. The number of Topliss-reactive ketones (excluding diaryl/α,β-unsaturated/α-hetero) is 1. The molecule has 0 radical (unpaired) electrons. The maximum atomic E-state index is 13.1. The van der Waals surface area contributed by atoms with E-state index < -0.39 is 60.2 Å². The van der Waals surface area contributed by atoms with Gasteiger partial charge in [-0.15, -0.1) is 0 Å². The highest BCUT2D eigenvalue weighted by atomic mass is 16.5. The summed E-state index contributed by atoms with van der Waals surface area (Å²) in [5.74, 6) is -3.43. The van der Waals surface area contributed by atoms with E-state index in [4.69, 9.17) is 20.4 Å². The first kappa shape index (κ1) is 6.52. The van der Waals surface area contributed by atoms with Gasteiger partial charge in [-0.25, -0.2) is 0 Å². The standard InChI is InChI=1S/C18H21NO3/c1-19-8-7-18-11-4-5-13(20)17(18)22-16-14(21-2)6-3-10(15(16)18)9-12(11)19/h3,6,11-12,17H,4-5,7-9H2,1-2H3/t11-,12+,17?,18-/m0/s1/i1D3,3D,6D,9D2,11D,12D,17D. The van der Waals surface area contributed by atoms with Crippen molar-refractivity contribution in [3.05, 3.63) is 23.2 Å². The highest BCUT2D eigenvalue weighted by molar-refractivity contribution is 5.89. The Morgan fingerprint density at radius 1 is 1.64 bits per heavy atom. The van der Waals surface area contributed by atoms with E-state index in [0.717, 1.165) is 0 Å². The summed E-state index contributed by atoms with van der Waals surface area (Å²) in [6.45, 7) is -3.33. The first-order chi connectivity index (χ1) is 14.6. The zero-order valence-corrected chi connectivity index (χ0v) is 12.0. The van der Waals surface area contributed by atoms with Crippen LogP contribution in [-0.4, -0.2) is 43.4 Å². The van der Waals surface area contributed by atoms with Crippen LogP contribution in [-0.2, 0) is 16.6 Å². The summed E-state index contributed by atoms with van der Waals surface area (Å²) in [6.07, 6.45) is -6.29. The third-order valence-electron chi connectivity index (χ3n) is 5.09. The molecule has 4 atom stereocenters. The Bertz CT molecular complexity index is 1090. The van der Waals surface area contributed by atoms with Crippen molar-refractivity contribution in [1.82, 2.24) is 4.90 Å². The number of hydrogen-bond donors (Lipinski definition) is 0. The molecule has 0 amide bonds. The number of ether oxygens (including phenoxy) is 2. The maximum absolute atomic E-state index is 13.1. The third-order valence-corrected chi connectivity index (χ3v) is 5.09. The smallest absolute Gasteiger partial charge is 0.174 e. The van der Waals surface area contributed by atoms with Crippen molar-refractivity contribution >= 4 is 5.78 Å². The highest BCUT2D eigenvalue weighted by Crippen LogP contribution is 2.62.